The molecule has 0 aromatic heterocycles. The smallest absolute Gasteiger partial charge is 0.135 e. The van der Waals surface area contributed by atoms with E-state index in [0.29, 0.717) is 17.7 Å². The van der Waals surface area contributed by atoms with E-state index < -0.39 is 0 Å². The summed E-state index contributed by atoms with van der Waals surface area (Å²) >= 11 is 0. The lowest BCUT2D eigenvalue weighted by atomic mass is 9.92. The van der Waals surface area contributed by atoms with Crippen LogP contribution in [0.15, 0.2) is 54.6 Å². The zero-order valence-electron chi connectivity index (χ0n) is 12.7. The summed E-state index contributed by atoms with van der Waals surface area (Å²) in [4.78, 5) is 14.1. The minimum absolute atomic E-state index is 0.446. The van der Waals surface area contributed by atoms with Crippen LogP contribution < -0.4 is 0 Å². The molecule has 0 saturated carbocycles. The largest absolute Gasteiger partial charge is 0.300 e. The first-order valence-electron chi connectivity index (χ1n) is 8.21. The minimum atomic E-state index is 0.446. The van der Waals surface area contributed by atoms with Gasteiger partial charge in [0.2, 0.25) is 0 Å². The number of ketones is 1. The van der Waals surface area contributed by atoms with Gasteiger partial charge in [-0.2, -0.15) is 0 Å². The summed E-state index contributed by atoms with van der Waals surface area (Å²) in [6, 6.07) is 20.0. The van der Waals surface area contributed by atoms with E-state index >= 15 is 0 Å². The van der Waals surface area contributed by atoms with Crippen LogP contribution in [0.3, 0.4) is 0 Å². The molecule has 2 saturated heterocycles. The highest BCUT2D eigenvalue weighted by Gasteiger charge is 2.36. The fourth-order valence-corrected chi connectivity index (χ4v) is 3.92. The Morgan fingerprint density at radius 2 is 1.64 bits per heavy atom. The zero-order valence-corrected chi connectivity index (χ0v) is 12.7. The molecule has 2 aromatic rings. The second kappa shape index (κ2) is 5.69. The standard InChI is InChI=1S/C20H21NO/c22-20-10-11-21-14-18(12-19(21)13-20)17-8-6-16(7-9-17)15-4-2-1-3-5-15/h1-9,18-19H,10-14H2. The minimum Gasteiger partial charge on any atom is -0.300 e. The maximum Gasteiger partial charge on any atom is 0.135 e. The third-order valence-electron chi connectivity index (χ3n) is 5.16. The van der Waals surface area contributed by atoms with E-state index in [-0.39, 0.29) is 0 Å². The number of benzene rings is 2. The van der Waals surface area contributed by atoms with Gasteiger partial charge in [0.05, 0.1) is 0 Å². The van der Waals surface area contributed by atoms with Crippen molar-refractivity contribution in [3.05, 3.63) is 60.2 Å². The molecule has 4 rings (SSSR count). The quantitative estimate of drug-likeness (QED) is 0.837. The molecule has 2 heteroatoms. The van der Waals surface area contributed by atoms with Crippen molar-refractivity contribution in [1.29, 1.82) is 0 Å². The number of hydrogen-bond acceptors (Lipinski definition) is 2. The first-order chi connectivity index (χ1) is 10.8. The van der Waals surface area contributed by atoms with E-state index in [0.717, 1.165) is 32.4 Å². The molecule has 0 radical (unpaired) electrons. The Bertz CT molecular complexity index is 662. The van der Waals surface area contributed by atoms with E-state index in [1.54, 1.807) is 0 Å². The molecule has 2 atom stereocenters. The van der Waals surface area contributed by atoms with Crippen molar-refractivity contribution < 1.29 is 4.79 Å². The molecule has 22 heavy (non-hydrogen) atoms. The van der Waals surface area contributed by atoms with Crippen molar-refractivity contribution in [1.82, 2.24) is 4.90 Å². The number of nitrogens with zero attached hydrogens (tertiary/aromatic N) is 1. The topological polar surface area (TPSA) is 20.3 Å². The summed E-state index contributed by atoms with van der Waals surface area (Å²) in [6.07, 6.45) is 2.64. The van der Waals surface area contributed by atoms with Crippen LogP contribution in [0.25, 0.3) is 11.1 Å². The maximum atomic E-state index is 11.6. The summed E-state index contributed by atoms with van der Waals surface area (Å²) in [6.45, 7) is 2.07. The van der Waals surface area contributed by atoms with E-state index in [1.165, 1.54) is 16.7 Å². The molecule has 0 N–H and O–H groups in total. The lowest BCUT2D eigenvalue weighted by molar-refractivity contribution is -0.122. The number of carbonyl (C=O) groups excluding carboxylic acids is 1. The van der Waals surface area contributed by atoms with Crippen LogP contribution in [0.2, 0.25) is 0 Å². The van der Waals surface area contributed by atoms with Gasteiger partial charge >= 0.3 is 0 Å². The van der Waals surface area contributed by atoms with Gasteiger partial charge in [-0.15, -0.1) is 0 Å². The van der Waals surface area contributed by atoms with Crippen LogP contribution >= 0.6 is 0 Å². The molecule has 112 valence electrons. The van der Waals surface area contributed by atoms with Gasteiger partial charge < -0.3 is 0 Å². The van der Waals surface area contributed by atoms with Crippen LogP contribution in [0.1, 0.15) is 30.7 Å². The van der Waals surface area contributed by atoms with Crippen molar-refractivity contribution in [2.45, 2.75) is 31.2 Å². The van der Waals surface area contributed by atoms with Gasteiger partial charge in [0.25, 0.3) is 0 Å². The Morgan fingerprint density at radius 3 is 2.41 bits per heavy atom. The molecule has 2 aliphatic heterocycles. The average molecular weight is 291 g/mol. The lowest BCUT2D eigenvalue weighted by Crippen LogP contribution is -2.38. The molecule has 0 spiro atoms. The summed E-state index contributed by atoms with van der Waals surface area (Å²) in [5.74, 6) is 1.03. The van der Waals surface area contributed by atoms with Gasteiger partial charge in [0, 0.05) is 32.0 Å². The van der Waals surface area contributed by atoms with Crippen molar-refractivity contribution in [3.63, 3.8) is 0 Å². The van der Waals surface area contributed by atoms with Gasteiger partial charge in [-0.25, -0.2) is 0 Å². The van der Waals surface area contributed by atoms with Crippen LogP contribution in [-0.4, -0.2) is 29.8 Å². The molecule has 2 aliphatic rings. The van der Waals surface area contributed by atoms with Gasteiger partial charge in [-0.3, -0.25) is 9.69 Å². The van der Waals surface area contributed by atoms with E-state index in [1.807, 2.05) is 6.07 Å². The molecule has 2 heterocycles. The van der Waals surface area contributed by atoms with Crippen LogP contribution in [0, 0.1) is 0 Å². The molecule has 2 fully saturated rings. The van der Waals surface area contributed by atoms with Crippen molar-refractivity contribution in [2.75, 3.05) is 13.1 Å². The summed E-state index contributed by atoms with van der Waals surface area (Å²) in [5.41, 5.74) is 3.96. The SMILES string of the molecule is O=C1CCN2CC(c3ccc(-c4ccccc4)cc3)CC2C1. The highest BCUT2D eigenvalue weighted by molar-refractivity contribution is 5.80. The Hall–Kier alpha value is -1.93. The highest BCUT2D eigenvalue weighted by atomic mass is 16.1. The number of rotatable bonds is 2. The highest BCUT2D eigenvalue weighted by Crippen LogP contribution is 2.36. The van der Waals surface area contributed by atoms with Crippen molar-refractivity contribution >= 4 is 5.78 Å². The Morgan fingerprint density at radius 1 is 0.909 bits per heavy atom. The predicted molar refractivity (Wildman–Crippen MR) is 88.8 cm³/mol. The number of Topliss-reactive ketones (excluding diaryl/α,β-unsaturated/α-hetero) is 1. The normalized spacial score (nSPS) is 25.2. The van der Waals surface area contributed by atoms with E-state index in [9.17, 15) is 4.79 Å². The molecule has 0 bridgehead atoms. The third-order valence-corrected chi connectivity index (χ3v) is 5.16. The second-order valence-corrected chi connectivity index (χ2v) is 6.56. The monoisotopic (exact) mass is 291 g/mol. The fraction of sp³-hybridized carbons (Fsp3) is 0.350. The average Bonchev–Trinajstić information content (AvgIpc) is 2.99. The van der Waals surface area contributed by atoms with Gasteiger partial charge in [-0.05, 0) is 29.0 Å². The molecule has 2 unspecified atom stereocenters. The fourth-order valence-electron chi connectivity index (χ4n) is 3.92. The van der Waals surface area contributed by atoms with Crippen LogP contribution in [-0.2, 0) is 4.79 Å². The van der Waals surface area contributed by atoms with Crippen LogP contribution in [0.4, 0.5) is 0 Å². The van der Waals surface area contributed by atoms with Gasteiger partial charge in [-0.1, -0.05) is 54.6 Å². The summed E-state index contributed by atoms with van der Waals surface area (Å²) in [5, 5.41) is 0. The zero-order chi connectivity index (χ0) is 14.9. The Labute approximate surface area is 131 Å². The van der Waals surface area contributed by atoms with E-state index in [4.69, 9.17) is 0 Å². The lowest BCUT2D eigenvalue weighted by Gasteiger charge is -2.27. The Balaban J connectivity index is 1.51. The molecular formula is C20H21NO. The number of fused-ring (bicyclic) bond motifs is 1. The number of piperidine rings is 1. The number of hydrogen-bond donors (Lipinski definition) is 0. The van der Waals surface area contributed by atoms with Crippen molar-refractivity contribution in [2.24, 2.45) is 0 Å². The van der Waals surface area contributed by atoms with Gasteiger partial charge in [0.15, 0.2) is 0 Å². The van der Waals surface area contributed by atoms with E-state index in [2.05, 4.69) is 53.4 Å². The predicted octanol–water partition coefficient (Wildman–Crippen LogP) is 3.87. The van der Waals surface area contributed by atoms with Crippen LogP contribution in [0.5, 0.6) is 0 Å². The first kappa shape index (κ1) is 13.7. The first-order valence-corrected chi connectivity index (χ1v) is 8.21. The maximum absolute atomic E-state index is 11.6. The molecule has 0 amide bonds. The molecular weight excluding hydrogens is 270 g/mol. The Kier molecular flexibility index (Phi) is 3.55. The van der Waals surface area contributed by atoms with Gasteiger partial charge in [0.1, 0.15) is 5.78 Å². The summed E-state index contributed by atoms with van der Waals surface area (Å²) < 4.78 is 0. The molecule has 2 aromatic carbocycles. The van der Waals surface area contributed by atoms with Crippen molar-refractivity contribution in [3.8, 4) is 11.1 Å². The number of carbonyl (C=O) groups is 1. The third kappa shape index (κ3) is 2.59. The second-order valence-electron chi connectivity index (χ2n) is 6.56. The molecule has 2 nitrogen and oxygen atoms in total. The molecule has 0 aliphatic carbocycles. The summed E-state index contributed by atoms with van der Waals surface area (Å²) in [7, 11) is 0.